The van der Waals surface area contributed by atoms with Crippen LogP contribution < -0.4 is 16.2 Å². The van der Waals surface area contributed by atoms with Gasteiger partial charge in [-0.15, -0.1) is 0 Å². The fourth-order valence-corrected chi connectivity index (χ4v) is 2.78. The highest BCUT2D eigenvalue weighted by Crippen LogP contribution is 2.18. The van der Waals surface area contributed by atoms with Crippen molar-refractivity contribution in [1.29, 1.82) is 0 Å². The van der Waals surface area contributed by atoms with E-state index in [0.29, 0.717) is 11.0 Å². The number of thioether (sulfide) groups is 1. The lowest BCUT2D eigenvalue weighted by molar-refractivity contribution is -0.117. The van der Waals surface area contributed by atoms with E-state index in [2.05, 4.69) is 42.1 Å². The number of benzene rings is 2. The summed E-state index contributed by atoms with van der Waals surface area (Å²) in [5, 5.41) is 5.08. The molecule has 25 heavy (non-hydrogen) atoms. The maximum Gasteiger partial charge on any atom is 0.262 e. The average molecular weight is 372 g/mol. The molecule has 0 spiro atoms. The summed E-state index contributed by atoms with van der Waals surface area (Å²) in [6.45, 7) is 4.29. The zero-order chi connectivity index (χ0) is 18.1. The van der Waals surface area contributed by atoms with E-state index in [1.54, 1.807) is 5.41 Å². The van der Waals surface area contributed by atoms with Gasteiger partial charge < -0.3 is 5.32 Å². The number of carbonyl (C=O) groups is 1. The van der Waals surface area contributed by atoms with Gasteiger partial charge in [0.25, 0.3) is 5.91 Å². The van der Waals surface area contributed by atoms with Crippen LogP contribution in [0.4, 0.5) is 5.69 Å². The SMILES string of the molecule is CC(C)c1ccc(NC(=S)NNC(=O)/C=C/Sc2ccccc2)cc1. The molecule has 0 heterocycles. The van der Waals surface area contributed by atoms with Crippen LogP contribution in [0.3, 0.4) is 0 Å². The fourth-order valence-electron chi connectivity index (χ4n) is 1.95. The average Bonchev–Trinajstić information content (AvgIpc) is 2.61. The van der Waals surface area contributed by atoms with Gasteiger partial charge in [-0.3, -0.25) is 15.6 Å². The molecule has 130 valence electrons. The minimum atomic E-state index is -0.275. The second-order valence-corrected chi connectivity index (χ2v) is 6.97. The molecule has 0 aliphatic heterocycles. The maximum atomic E-state index is 11.7. The fraction of sp³-hybridized carbons (Fsp3) is 0.158. The molecule has 0 saturated carbocycles. The van der Waals surface area contributed by atoms with Gasteiger partial charge in [0.2, 0.25) is 0 Å². The van der Waals surface area contributed by atoms with Gasteiger partial charge in [-0.2, -0.15) is 0 Å². The molecule has 4 nitrogen and oxygen atoms in total. The van der Waals surface area contributed by atoms with E-state index in [1.807, 2.05) is 42.5 Å². The monoisotopic (exact) mass is 371 g/mol. The predicted octanol–water partition coefficient (Wildman–Crippen LogP) is 4.43. The Labute approximate surface area is 158 Å². The summed E-state index contributed by atoms with van der Waals surface area (Å²) < 4.78 is 0. The van der Waals surface area contributed by atoms with Crippen LogP contribution in [0, 0.1) is 0 Å². The number of hydrogen-bond donors (Lipinski definition) is 3. The molecule has 3 N–H and O–H groups in total. The minimum Gasteiger partial charge on any atom is -0.331 e. The van der Waals surface area contributed by atoms with E-state index in [-0.39, 0.29) is 5.91 Å². The quantitative estimate of drug-likeness (QED) is 0.314. The number of amides is 1. The Morgan fingerprint density at radius 2 is 1.72 bits per heavy atom. The van der Waals surface area contributed by atoms with Gasteiger partial charge in [-0.1, -0.05) is 55.9 Å². The van der Waals surface area contributed by atoms with Crippen molar-refractivity contribution in [2.75, 3.05) is 5.32 Å². The highest BCUT2D eigenvalue weighted by Gasteiger charge is 2.01. The van der Waals surface area contributed by atoms with Gasteiger partial charge in [0, 0.05) is 16.7 Å². The number of rotatable bonds is 5. The molecule has 0 radical (unpaired) electrons. The molecular weight excluding hydrogens is 350 g/mol. The van der Waals surface area contributed by atoms with Crippen LogP contribution >= 0.6 is 24.0 Å². The lowest BCUT2D eigenvalue weighted by Crippen LogP contribution is -2.43. The normalized spacial score (nSPS) is 10.7. The van der Waals surface area contributed by atoms with Gasteiger partial charge in [0.15, 0.2) is 5.11 Å². The molecular formula is C19H21N3OS2. The number of hydrazine groups is 1. The summed E-state index contributed by atoms with van der Waals surface area (Å²) in [4.78, 5) is 12.8. The Morgan fingerprint density at radius 3 is 2.36 bits per heavy atom. The summed E-state index contributed by atoms with van der Waals surface area (Å²) in [5.41, 5.74) is 7.33. The highest BCUT2D eigenvalue weighted by molar-refractivity contribution is 8.02. The minimum absolute atomic E-state index is 0.275. The van der Waals surface area contributed by atoms with Crippen molar-refractivity contribution in [3.05, 3.63) is 71.6 Å². The van der Waals surface area contributed by atoms with Crippen LogP contribution in [0.2, 0.25) is 0 Å². The van der Waals surface area contributed by atoms with Crippen LogP contribution in [0.5, 0.6) is 0 Å². The van der Waals surface area contributed by atoms with Crippen LogP contribution in [-0.2, 0) is 4.79 Å². The van der Waals surface area contributed by atoms with E-state index in [1.165, 1.54) is 23.4 Å². The number of nitrogens with one attached hydrogen (secondary N) is 3. The lowest BCUT2D eigenvalue weighted by Gasteiger charge is -2.11. The largest absolute Gasteiger partial charge is 0.331 e. The number of carbonyl (C=O) groups excluding carboxylic acids is 1. The first-order valence-corrected chi connectivity index (χ1v) is 9.18. The summed E-state index contributed by atoms with van der Waals surface area (Å²) in [5.74, 6) is 0.210. The van der Waals surface area contributed by atoms with Crippen LogP contribution in [0.15, 0.2) is 71.0 Å². The van der Waals surface area contributed by atoms with Crippen molar-refractivity contribution in [2.45, 2.75) is 24.7 Å². The first kappa shape index (κ1) is 19.0. The van der Waals surface area contributed by atoms with Crippen LogP contribution in [0.25, 0.3) is 0 Å². The molecule has 0 aromatic heterocycles. The molecule has 2 aromatic rings. The number of anilines is 1. The summed E-state index contributed by atoms with van der Waals surface area (Å²) in [6, 6.07) is 17.8. The predicted molar refractivity (Wildman–Crippen MR) is 109 cm³/mol. The van der Waals surface area contributed by atoms with E-state index in [0.717, 1.165) is 10.6 Å². The van der Waals surface area contributed by atoms with Crippen molar-refractivity contribution in [3.8, 4) is 0 Å². The van der Waals surface area contributed by atoms with Gasteiger partial charge in [-0.25, -0.2) is 0 Å². The Morgan fingerprint density at radius 1 is 1.04 bits per heavy atom. The third-order valence-electron chi connectivity index (χ3n) is 3.30. The maximum absolute atomic E-state index is 11.7. The third kappa shape index (κ3) is 6.99. The van der Waals surface area contributed by atoms with Crippen LogP contribution in [0.1, 0.15) is 25.3 Å². The second-order valence-electron chi connectivity index (χ2n) is 5.58. The number of hydrogen-bond acceptors (Lipinski definition) is 3. The van der Waals surface area contributed by atoms with E-state index >= 15 is 0 Å². The Kier molecular flexibility index (Phi) is 7.50. The Hall–Kier alpha value is -2.31. The first-order valence-electron chi connectivity index (χ1n) is 7.90. The molecule has 0 aliphatic carbocycles. The van der Waals surface area contributed by atoms with Gasteiger partial charge in [-0.05, 0) is 53.4 Å². The molecule has 1 amide bonds. The van der Waals surface area contributed by atoms with Crippen molar-refractivity contribution in [2.24, 2.45) is 0 Å². The zero-order valence-corrected chi connectivity index (χ0v) is 15.8. The standard InChI is InChI=1S/C19H21N3OS2/c1-14(2)15-8-10-16(11-9-15)20-19(24)22-21-18(23)12-13-25-17-6-4-3-5-7-17/h3-14H,1-2H3,(H,21,23)(H2,20,22,24)/b13-12+. The Balaban J connectivity index is 1.72. The van der Waals surface area contributed by atoms with Gasteiger partial charge >= 0.3 is 0 Å². The smallest absolute Gasteiger partial charge is 0.262 e. The molecule has 0 bridgehead atoms. The topological polar surface area (TPSA) is 53.2 Å². The highest BCUT2D eigenvalue weighted by atomic mass is 32.2. The molecule has 6 heteroatoms. The van der Waals surface area contributed by atoms with Crippen molar-refractivity contribution >= 4 is 40.7 Å². The van der Waals surface area contributed by atoms with Crippen molar-refractivity contribution in [1.82, 2.24) is 10.9 Å². The number of thiocarbonyl (C=S) groups is 1. The molecule has 0 aliphatic rings. The van der Waals surface area contributed by atoms with Crippen LogP contribution in [-0.4, -0.2) is 11.0 Å². The van der Waals surface area contributed by atoms with E-state index in [4.69, 9.17) is 12.2 Å². The first-order chi connectivity index (χ1) is 12.0. The summed E-state index contributed by atoms with van der Waals surface area (Å²) >= 11 is 6.63. The molecule has 2 aromatic carbocycles. The molecule has 2 rings (SSSR count). The van der Waals surface area contributed by atoms with Gasteiger partial charge in [0.05, 0.1) is 0 Å². The summed E-state index contributed by atoms with van der Waals surface area (Å²) in [7, 11) is 0. The molecule has 0 unspecified atom stereocenters. The van der Waals surface area contributed by atoms with Gasteiger partial charge in [0.1, 0.15) is 0 Å². The van der Waals surface area contributed by atoms with E-state index < -0.39 is 0 Å². The summed E-state index contributed by atoms with van der Waals surface area (Å²) in [6.07, 6.45) is 1.45. The molecule has 0 atom stereocenters. The second kappa shape index (κ2) is 9.86. The van der Waals surface area contributed by atoms with E-state index in [9.17, 15) is 4.79 Å². The zero-order valence-electron chi connectivity index (χ0n) is 14.2. The van der Waals surface area contributed by atoms with Crippen molar-refractivity contribution < 1.29 is 4.79 Å². The van der Waals surface area contributed by atoms with Crippen molar-refractivity contribution in [3.63, 3.8) is 0 Å². The molecule has 0 saturated heterocycles. The lowest BCUT2D eigenvalue weighted by atomic mass is 10.0. The molecule has 0 fully saturated rings. The Bertz CT molecular complexity index is 728. The third-order valence-corrected chi connectivity index (χ3v) is 4.32.